The standard InChI is InChI=1S/C51H72N5O4.ClH/c1-11-56(12-2)32-55-39-16-14-13-15-35(39)31-37(44(55)52-56)45(58)53-27-29-54(30-28-53)46(59)51-24-19-36(33(3)4)43(51)38-17-18-41-48(8)22-21-42(60-34(5)57)47(6,7)40(48)20-23-50(41,10)49(38,9)25-26-51;/h13-17,31,36,40-43H,3,11-12,18-30,32H2,1-2,4-10H3;1H/q+1;/p-1/t36-,40-,41+,42-,43-,48-,49+,50+,51-;/m0./s1. The van der Waals surface area contributed by atoms with Crippen LogP contribution in [0.25, 0.3) is 6.08 Å². The lowest BCUT2D eigenvalue weighted by Gasteiger charge is -2.70. The molecule has 0 aromatic heterocycles. The lowest BCUT2D eigenvalue weighted by Crippen LogP contribution is -3.00. The number of carbonyl (C=O) groups is 3. The molecule has 1 aromatic rings. The second-order valence-corrected chi connectivity index (χ2v) is 21.8. The maximum Gasteiger partial charge on any atom is 0.302 e. The minimum absolute atomic E-state index is 0. The molecule has 0 unspecified atom stereocenters. The second kappa shape index (κ2) is 15.1. The van der Waals surface area contributed by atoms with Gasteiger partial charge in [-0.1, -0.05) is 81.7 Å². The Kier molecular flexibility index (Phi) is 10.9. The van der Waals surface area contributed by atoms with Crippen LogP contribution in [0.1, 0.15) is 126 Å². The Morgan fingerprint density at radius 2 is 1.56 bits per heavy atom. The number of halogens is 1. The molecule has 2 amide bonds. The quantitative estimate of drug-likeness (QED) is 0.193. The number of para-hydroxylation sites is 1. The van der Waals surface area contributed by atoms with Crippen LogP contribution in [-0.2, 0) is 19.1 Å². The maximum absolute atomic E-state index is 15.4. The van der Waals surface area contributed by atoms with Gasteiger partial charge in [-0.05, 0) is 130 Å². The van der Waals surface area contributed by atoms with Gasteiger partial charge in [0.2, 0.25) is 11.7 Å². The van der Waals surface area contributed by atoms with Crippen molar-refractivity contribution in [3.63, 3.8) is 0 Å². The first-order valence-corrected chi connectivity index (χ1v) is 23.6. The van der Waals surface area contributed by atoms with Crippen molar-refractivity contribution in [1.29, 1.82) is 0 Å². The third-order valence-electron chi connectivity index (χ3n) is 19.1. The summed E-state index contributed by atoms with van der Waals surface area (Å²) in [6, 6.07) is 8.33. The topological polar surface area (TPSA) is 82.5 Å². The second-order valence-electron chi connectivity index (χ2n) is 21.8. The number of rotatable bonds is 6. The summed E-state index contributed by atoms with van der Waals surface area (Å²) in [6.07, 6.45) is 13.9. The fraction of sp³-hybridized carbons (Fsp3) is 0.686. The molecule has 9 nitrogen and oxygen atoms in total. The third kappa shape index (κ3) is 6.22. The van der Waals surface area contributed by atoms with Crippen molar-refractivity contribution in [3.8, 4) is 0 Å². The summed E-state index contributed by atoms with van der Waals surface area (Å²) in [7, 11) is 0. The van der Waals surface area contributed by atoms with E-state index in [1.165, 1.54) is 5.57 Å². The van der Waals surface area contributed by atoms with Crippen LogP contribution in [0.4, 0.5) is 5.69 Å². The zero-order chi connectivity index (χ0) is 42.8. The minimum atomic E-state index is -0.439. The van der Waals surface area contributed by atoms with E-state index in [9.17, 15) is 9.59 Å². The first-order valence-electron chi connectivity index (χ1n) is 23.6. The molecule has 9 rings (SSSR count). The number of amidine groups is 1. The predicted octanol–water partition coefficient (Wildman–Crippen LogP) is 6.22. The number of carbonyl (C=O) groups excluding carboxylic acids is 3. The number of benzene rings is 1. The van der Waals surface area contributed by atoms with Crippen LogP contribution in [0.2, 0.25) is 0 Å². The van der Waals surface area contributed by atoms with Gasteiger partial charge in [0.05, 0.1) is 16.7 Å². The highest BCUT2D eigenvalue weighted by Gasteiger charge is 2.70. The molecule has 0 N–H and O–H groups in total. The van der Waals surface area contributed by atoms with Crippen molar-refractivity contribution in [1.82, 2.24) is 9.80 Å². The van der Waals surface area contributed by atoms with E-state index in [2.05, 4.69) is 96.0 Å². The molecule has 5 aliphatic carbocycles. The SMILES string of the molecule is C=C(C)[C@@H]1CC[C@]2(C(=O)N3CCN(C(=O)C4=Cc5ccccc5N5C[N+](CC)(CC)N=C45)CC3)CC[C@]3(C)C(=CC[C@@H]4[C@@]5(C)CC[C@H](OC(C)=O)C(C)(C)[C@@H]5CC[C@]43C)[C@H]12.[Cl-]. The summed E-state index contributed by atoms with van der Waals surface area (Å²) < 4.78 is 6.57. The van der Waals surface area contributed by atoms with Crippen molar-refractivity contribution in [3.05, 3.63) is 59.2 Å². The Balaban J connectivity index is 0.00000514. The van der Waals surface area contributed by atoms with E-state index in [0.717, 1.165) is 94.6 Å². The number of nitrogens with zero attached hydrogens (tertiary/aromatic N) is 5. The van der Waals surface area contributed by atoms with Crippen LogP contribution in [0.15, 0.2) is 58.7 Å². The molecule has 0 radical (unpaired) electrons. The average molecular weight is 855 g/mol. The smallest absolute Gasteiger partial charge is 0.302 e. The van der Waals surface area contributed by atoms with E-state index in [0.29, 0.717) is 60.0 Å². The fourth-order valence-corrected chi connectivity index (χ4v) is 15.5. The molecular formula is C51H72ClN5O4. The molecule has 9 atom stereocenters. The van der Waals surface area contributed by atoms with Gasteiger partial charge in [-0.2, -0.15) is 4.59 Å². The number of hydrogen-bond donors (Lipinski definition) is 0. The molecule has 0 bridgehead atoms. The Hall–Kier alpha value is -3.43. The van der Waals surface area contributed by atoms with Gasteiger partial charge in [-0.3, -0.25) is 19.3 Å². The number of quaternary nitrogens is 1. The van der Waals surface area contributed by atoms with Crippen molar-refractivity contribution in [2.45, 2.75) is 126 Å². The highest BCUT2D eigenvalue weighted by molar-refractivity contribution is 6.31. The Bertz CT molecular complexity index is 2100. The fourth-order valence-electron chi connectivity index (χ4n) is 15.5. The summed E-state index contributed by atoms with van der Waals surface area (Å²) in [5, 5.41) is 5.22. The zero-order valence-corrected chi connectivity index (χ0v) is 39.4. The molecule has 1 saturated heterocycles. The summed E-state index contributed by atoms with van der Waals surface area (Å²) >= 11 is 0. The Morgan fingerprint density at radius 1 is 0.869 bits per heavy atom. The van der Waals surface area contributed by atoms with E-state index in [-0.39, 0.29) is 58.0 Å². The molecule has 3 heterocycles. The van der Waals surface area contributed by atoms with Crippen molar-refractivity contribution < 1.29 is 36.1 Å². The van der Waals surface area contributed by atoms with Crippen molar-refractivity contribution in [2.24, 2.45) is 55.8 Å². The molecule has 1 aromatic carbocycles. The molecule has 10 heteroatoms. The Labute approximate surface area is 372 Å². The van der Waals surface area contributed by atoms with E-state index in [4.69, 9.17) is 9.84 Å². The Morgan fingerprint density at radius 3 is 2.23 bits per heavy atom. The normalized spacial score (nSPS) is 37.8. The van der Waals surface area contributed by atoms with Crippen LogP contribution < -0.4 is 17.3 Å². The number of ether oxygens (including phenoxy) is 1. The lowest BCUT2D eigenvalue weighted by atomic mass is 9.34. The largest absolute Gasteiger partial charge is 1.00 e. The molecule has 61 heavy (non-hydrogen) atoms. The average Bonchev–Trinajstić information content (AvgIpc) is 3.83. The summed E-state index contributed by atoms with van der Waals surface area (Å²) in [4.78, 5) is 48.4. The van der Waals surface area contributed by atoms with Crippen molar-refractivity contribution >= 4 is 35.4 Å². The van der Waals surface area contributed by atoms with Crippen LogP contribution in [0.5, 0.6) is 0 Å². The van der Waals surface area contributed by atoms with Gasteiger partial charge in [0.25, 0.3) is 5.91 Å². The number of allylic oxidation sites excluding steroid dienone is 3. The first kappa shape index (κ1) is 44.2. The molecular weight excluding hydrogens is 782 g/mol. The van der Waals surface area contributed by atoms with E-state index >= 15 is 4.79 Å². The van der Waals surface area contributed by atoms with Crippen molar-refractivity contribution in [2.75, 3.05) is 50.8 Å². The summed E-state index contributed by atoms with van der Waals surface area (Å²) in [5.74, 6) is 2.41. The number of amides is 2. The molecule has 0 spiro atoms. The zero-order valence-electron chi connectivity index (χ0n) is 38.6. The molecule has 4 saturated carbocycles. The van der Waals surface area contributed by atoms with Gasteiger partial charge in [-0.15, -0.1) is 0 Å². The van der Waals surface area contributed by atoms with Crippen LogP contribution >= 0.6 is 0 Å². The van der Waals surface area contributed by atoms with E-state index < -0.39 is 5.41 Å². The predicted molar refractivity (Wildman–Crippen MR) is 238 cm³/mol. The molecule has 332 valence electrons. The first-order chi connectivity index (χ1) is 28.4. The van der Waals surface area contributed by atoms with Gasteiger partial charge in [0.15, 0.2) is 6.67 Å². The highest BCUT2D eigenvalue weighted by Crippen LogP contribution is 2.76. The summed E-state index contributed by atoms with van der Waals surface area (Å²) in [5.41, 5.74) is 5.33. The number of hydrogen-bond acceptors (Lipinski definition) is 6. The summed E-state index contributed by atoms with van der Waals surface area (Å²) in [6.45, 7) is 29.8. The van der Waals surface area contributed by atoms with Gasteiger partial charge in [-0.25, -0.2) is 0 Å². The van der Waals surface area contributed by atoms with Gasteiger partial charge >= 0.3 is 5.97 Å². The monoisotopic (exact) mass is 854 g/mol. The van der Waals surface area contributed by atoms with Gasteiger partial charge in [0, 0.05) is 44.4 Å². The number of fused-ring (bicyclic) bond motifs is 10. The minimum Gasteiger partial charge on any atom is -1.00 e. The van der Waals surface area contributed by atoms with Crippen LogP contribution in [-0.4, -0.2) is 90.1 Å². The van der Waals surface area contributed by atoms with E-state index in [1.54, 1.807) is 12.5 Å². The number of piperazine rings is 1. The molecule has 3 aliphatic heterocycles. The molecule has 8 aliphatic rings. The highest BCUT2D eigenvalue weighted by atomic mass is 35.5. The number of esters is 1. The third-order valence-corrected chi connectivity index (χ3v) is 19.1. The van der Waals surface area contributed by atoms with Gasteiger partial charge < -0.3 is 26.9 Å². The molecule has 5 fully saturated rings. The van der Waals surface area contributed by atoms with Gasteiger partial charge in [0.1, 0.15) is 19.2 Å². The lowest BCUT2D eigenvalue weighted by molar-refractivity contribution is -0.925. The number of anilines is 1. The van der Waals surface area contributed by atoms with E-state index in [1.807, 2.05) is 17.0 Å². The maximum atomic E-state index is 15.4. The van der Waals surface area contributed by atoms with Crippen LogP contribution in [0.3, 0.4) is 0 Å². The van der Waals surface area contributed by atoms with Crippen LogP contribution in [0, 0.1) is 50.7 Å².